The van der Waals surface area contributed by atoms with Crippen molar-refractivity contribution in [1.82, 2.24) is 20.1 Å². The van der Waals surface area contributed by atoms with E-state index in [0.29, 0.717) is 19.0 Å². The van der Waals surface area contributed by atoms with Crippen LogP contribution in [0.15, 0.2) is 0 Å². The molecule has 1 fully saturated rings. The molecule has 8 nitrogen and oxygen atoms in total. The smallest absolute Gasteiger partial charge is 0.307 e. The number of aromatic nitrogens is 3. The van der Waals surface area contributed by atoms with Crippen molar-refractivity contribution in [2.45, 2.75) is 45.9 Å². The molecular weight excluding hydrogens is 300 g/mol. The maximum atomic E-state index is 12.4. The van der Waals surface area contributed by atoms with Crippen LogP contribution in [-0.2, 0) is 33.9 Å². The van der Waals surface area contributed by atoms with Crippen molar-refractivity contribution in [2.75, 3.05) is 7.11 Å². The summed E-state index contributed by atoms with van der Waals surface area (Å²) < 4.78 is 6.83. The lowest BCUT2D eigenvalue weighted by atomic mass is 10.1. The summed E-state index contributed by atoms with van der Waals surface area (Å²) in [4.78, 5) is 28.0. The first kappa shape index (κ1) is 15.9. The first-order chi connectivity index (χ1) is 10.8. The van der Waals surface area contributed by atoms with Gasteiger partial charge in [0.15, 0.2) is 5.82 Å². The number of fused-ring (bicyclic) bond motifs is 1. The summed E-state index contributed by atoms with van der Waals surface area (Å²) in [7, 11) is 1.60. The number of nitrogens with one attached hydrogen (secondary N) is 1. The van der Waals surface area contributed by atoms with Crippen LogP contribution in [0.4, 0.5) is 0 Å². The van der Waals surface area contributed by atoms with Gasteiger partial charge >= 0.3 is 5.97 Å². The number of hydrogen-bond donors (Lipinski definition) is 2. The summed E-state index contributed by atoms with van der Waals surface area (Å²) in [6.07, 6.45) is 1.51. The zero-order chi connectivity index (χ0) is 16.8. The third kappa shape index (κ3) is 2.83. The molecule has 1 unspecified atom stereocenters. The van der Waals surface area contributed by atoms with Crippen LogP contribution >= 0.6 is 0 Å². The van der Waals surface area contributed by atoms with E-state index in [2.05, 4.69) is 15.4 Å². The highest BCUT2D eigenvalue weighted by molar-refractivity contribution is 5.91. The zero-order valence-electron chi connectivity index (χ0n) is 13.6. The molecule has 2 N–H and O–H groups in total. The van der Waals surface area contributed by atoms with E-state index < -0.39 is 23.2 Å². The zero-order valence-corrected chi connectivity index (χ0v) is 13.6. The summed E-state index contributed by atoms with van der Waals surface area (Å²) in [5.74, 6) is -0.585. The van der Waals surface area contributed by atoms with Gasteiger partial charge in [-0.25, -0.2) is 9.67 Å². The lowest BCUT2D eigenvalue weighted by Gasteiger charge is -2.23. The maximum Gasteiger partial charge on any atom is 0.307 e. The lowest BCUT2D eigenvalue weighted by Crippen LogP contribution is -2.42. The molecule has 0 saturated heterocycles. The molecular formula is C15H22N4O4. The topological polar surface area (TPSA) is 106 Å². The fraction of sp³-hybridized carbons (Fsp3) is 0.733. The van der Waals surface area contributed by atoms with Gasteiger partial charge < -0.3 is 15.2 Å². The molecule has 2 aliphatic rings. The number of carbonyl (C=O) groups is 2. The van der Waals surface area contributed by atoms with Gasteiger partial charge in [0, 0.05) is 19.6 Å². The molecule has 1 amide bonds. The predicted octanol–water partition coefficient (Wildman–Crippen LogP) is 0.212. The number of hydrogen-bond acceptors (Lipinski definition) is 5. The minimum atomic E-state index is -0.901. The van der Waals surface area contributed by atoms with Gasteiger partial charge in [-0.1, -0.05) is 13.8 Å². The standard InChI is InChI=1S/C15H22N4O4/c1-15(2)11(12(15)14(21)22)13(20)16-8-4-5-10-17-9(7-23-3)18-19(10)6-8/h8,11-12H,4-7H2,1-3H3,(H,16,20)(H,21,22)/t8?,11-,12+/m0/s1. The Bertz CT molecular complexity index is 639. The number of amides is 1. The van der Waals surface area contributed by atoms with Gasteiger partial charge in [0.1, 0.15) is 12.4 Å². The Morgan fingerprint density at radius 3 is 2.78 bits per heavy atom. The fourth-order valence-electron chi connectivity index (χ4n) is 3.55. The second kappa shape index (κ2) is 5.59. The van der Waals surface area contributed by atoms with Crippen molar-refractivity contribution in [3.63, 3.8) is 0 Å². The first-order valence-corrected chi connectivity index (χ1v) is 7.79. The lowest BCUT2D eigenvalue weighted by molar-refractivity contribution is -0.140. The minimum Gasteiger partial charge on any atom is -0.481 e. The van der Waals surface area contributed by atoms with Crippen molar-refractivity contribution >= 4 is 11.9 Å². The number of ether oxygens (including phenoxy) is 1. The highest BCUT2D eigenvalue weighted by atomic mass is 16.5. The number of carboxylic acids is 1. The van der Waals surface area contributed by atoms with Crippen LogP contribution in [0.5, 0.6) is 0 Å². The van der Waals surface area contributed by atoms with E-state index in [1.54, 1.807) is 11.8 Å². The van der Waals surface area contributed by atoms with Crippen LogP contribution < -0.4 is 5.32 Å². The molecule has 0 aromatic carbocycles. The summed E-state index contributed by atoms with van der Waals surface area (Å²) in [6.45, 7) is 4.57. The Balaban J connectivity index is 1.61. The highest BCUT2D eigenvalue weighted by Crippen LogP contribution is 2.58. The molecule has 1 aliphatic heterocycles. The Hall–Kier alpha value is -1.96. The maximum absolute atomic E-state index is 12.4. The average Bonchev–Trinajstić information content (AvgIpc) is 2.85. The number of aliphatic carboxylic acids is 1. The van der Waals surface area contributed by atoms with Crippen molar-refractivity contribution in [3.8, 4) is 0 Å². The fourth-order valence-corrected chi connectivity index (χ4v) is 3.55. The number of aryl methyl sites for hydroxylation is 1. The molecule has 1 aliphatic carbocycles. The van der Waals surface area contributed by atoms with Gasteiger partial charge in [-0.05, 0) is 11.8 Å². The third-order valence-corrected chi connectivity index (χ3v) is 4.90. The molecule has 2 heterocycles. The van der Waals surface area contributed by atoms with Gasteiger partial charge in [0.2, 0.25) is 5.91 Å². The summed E-state index contributed by atoms with van der Waals surface area (Å²) in [5.41, 5.74) is -0.478. The molecule has 3 atom stereocenters. The van der Waals surface area contributed by atoms with Crippen molar-refractivity contribution in [1.29, 1.82) is 0 Å². The van der Waals surface area contributed by atoms with E-state index in [0.717, 1.165) is 18.7 Å². The molecule has 8 heteroatoms. The number of methoxy groups -OCH3 is 1. The van der Waals surface area contributed by atoms with Crippen molar-refractivity contribution < 1.29 is 19.4 Å². The summed E-state index contributed by atoms with van der Waals surface area (Å²) >= 11 is 0. The molecule has 0 bridgehead atoms. The van der Waals surface area contributed by atoms with Crippen molar-refractivity contribution in [3.05, 3.63) is 11.6 Å². The SMILES string of the molecule is COCc1nc2n(n1)CC(NC(=O)[C@@H]1[C@H](C(=O)O)C1(C)C)CC2. The van der Waals surface area contributed by atoms with Gasteiger partial charge in [0.25, 0.3) is 0 Å². The molecule has 1 aromatic rings. The van der Waals surface area contributed by atoms with Crippen LogP contribution in [0.2, 0.25) is 0 Å². The Morgan fingerprint density at radius 2 is 2.17 bits per heavy atom. The normalized spacial score (nSPS) is 28.0. The van der Waals surface area contributed by atoms with E-state index in [9.17, 15) is 14.7 Å². The Labute approximate surface area is 134 Å². The second-order valence-corrected chi connectivity index (χ2v) is 6.92. The van der Waals surface area contributed by atoms with Crippen LogP contribution in [0.3, 0.4) is 0 Å². The Kier molecular flexibility index (Phi) is 3.87. The van der Waals surface area contributed by atoms with Gasteiger partial charge in [-0.2, -0.15) is 5.10 Å². The largest absolute Gasteiger partial charge is 0.481 e. The molecule has 0 spiro atoms. The van der Waals surface area contributed by atoms with Gasteiger partial charge in [0.05, 0.1) is 18.4 Å². The monoisotopic (exact) mass is 322 g/mol. The molecule has 23 heavy (non-hydrogen) atoms. The molecule has 1 saturated carbocycles. The van der Waals surface area contributed by atoms with E-state index in [-0.39, 0.29) is 11.9 Å². The second-order valence-electron chi connectivity index (χ2n) is 6.92. The quantitative estimate of drug-likeness (QED) is 0.803. The number of carbonyl (C=O) groups excluding carboxylic acids is 1. The van der Waals surface area contributed by atoms with Crippen LogP contribution in [0, 0.1) is 17.3 Å². The number of rotatable bonds is 5. The Morgan fingerprint density at radius 1 is 1.43 bits per heavy atom. The van der Waals surface area contributed by atoms with Gasteiger partial charge in [-0.3, -0.25) is 9.59 Å². The summed E-state index contributed by atoms with van der Waals surface area (Å²) in [6, 6.07) is -0.0436. The predicted molar refractivity (Wildman–Crippen MR) is 79.4 cm³/mol. The third-order valence-electron chi connectivity index (χ3n) is 4.90. The van der Waals surface area contributed by atoms with Gasteiger partial charge in [-0.15, -0.1) is 0 Å². The van der Waals surface area contributed by atoms with E-state index in [4.69, 9.17) is 4.74 Å². The van der Waals surface area contributed by atoms with Crippen LogP contribution in [0.1, 0.15) is 31.9 Å². The molecule has 126 valence electrons. The van der Waals surface area contributed by atoms with Crippen molar-refractivity contribution in [2.24, 2.45) is 17.3 Å². The summed E-state index contributed by atoms with van der Waals surface area (Å²) in [5, 5.41) is 16.5. The van der Waals surface area contributed by atoms with E-state index in [1.807, 2.05) is 13.8 Å². The first-order valence-electron chi connectivity index (χ1n) is 7.79. The number of nitrogens with zero attached hydrogens (tertiary/aromatic N) is 3. The van der Waals surface area contributed by atoms with Crippen LogP contribution in [0.25, 0.3) is 0 Å². The number of carboxylic acid groups (broad SMARTS) is 1. The average molecular weight is 322 g/mol. The minimum absolute atomic E-state index is 0.0436. The van der Waals surface area contributed by atoms with Crippen LogP contribution in [-0.4, -0.2) is 44.9 Å². The van der Waals surface area contributed by atoms with E-state index >= 15 is 0 Å². The van der Waals surface area contributed by atoms with E-state index in [1.165, 1.54) is 0 Å². The highest BCUT2D eigenvalue weighted by Gasteiger charge is 2.66. The molecule has 3 rings (SSSR count). The molecule has 0 radical (unpaired) electrons. The molecule has 1 aromatic heterocycles.